The highest BCUT2D eigenvalue weighted by molar-refractivity contribution is 5.96. The predicted molar refractivity (Wildman–Crippen MR) is 107 cm³/mol. The normalized spacial score (nSPS) is 15.8. The molecule has 0 aliphatic heterocycles. The SMILES string of the molecule is COC[C@@H](N[C@H](C(=O)Nc1cc(C)ccc1OC)c1ccccc1)C1CC1. The molecular formula is C22H28N2O3. The van der Waals surface area contributed by atoms with Gasteiger partial charge in [-0.15, -0.1) is 0 Å². The molecule has 2 aromatic carbocycles. The van der Waals surface area contributed by atoms with E-state index in [1.165, 1.54) is 12.8 Å². The molecule has 5 heteroatoms. The van der Waals surface area contributed by atoms with Crippen LogP contribution in [0.15, 0.2) is 48.5 Å². The van der Waals surface area contributed by atoms with Gasteiger partial charge in [0.25, 0.3) is 0 Å². The van der Waals surface area contributed by atoms with Crippen LogP contribution in [0.2, 0.25) is 0 Å². The van der Waals surface area contributed by atoms with Gasteiger partial charge in [-0.1, -0.05) is 36.4 Å². The van der Waals surface area contributed by atoms with Crippen molar-refractivity contribution in [2.45, 2.75) is 31.8 Å². The number of anilines is 1. The lowest BCUT2D eigenvalue weighted by Gasteiger charge is -2.25. The van der Waals surface area contributed by atoms with Crippen molar-refractivity contribution in [3.8, 4) is 5.75 Å². The van der Waals surface area contributed by atoms with Crippen LogP contribution in [0.25, 0.3) is 0 Å². The van der Waals surface area contributed by atoms with Gasteiger partial charge in [0.2, 0.25) is 5.91 Å². The second-order valence-electron chi connectivity index (χ2n) is 7.10. The standard InChI is InChI=1S/C22H28N2O3/c1-15-9-12-20(27-3)18(13-15)24-22(25)21(17-7-5-4-6-8-17)23-19(14-26-2)16-10-11-16/h4-9,12-13,16,19,21,23H,10-11,14H2,1-3H3,(H,24,25)/t19-,21+/m1/s1. The van der Waals surface area contributed by atoms with Crippen molar-refractivity contribution in [3.05, 3.63) is 59.7 Å². The Labute approximate surface area is 161 Å². The fourth-order valence-corrected chi connectivity index (χ4v) is 3.31. The molecule has 144 valence electrons. The third kappa shape index (κ3) is 5.08. The van der Waals surface area contributed by atoms with Crippen molar-refractivity contribution in [2.75, 3.05) is 26.1 Å². The Morgan fingerprint density at radius 3 is 2.52 bits per heavy atom. The van der Waals surface area contributed by atoms with Crippen molar-refractivity contribution in [1.29, 1.82) is 0 Å². The van der Waals surface area contributed by atoms with Crippen LogP contribution < -0.4 is 15.4 Å². The highest BCUT2D eigenvalue weighted by Crippen LogP contribution is 2.34. The van der Waals surface area contributed by atoms with Gasteiger partial charge in [-0.2, -0.15) is 0 Å². The van der Waals surface area contributed by atoms with E-state index in [-0.39, 0.29) is 11.9 Å². The highest BCUT2D eigenvalue weighted by atomic mass is 16.5. The van der Waals surface area contributed by atoms with E-state index in [0.717, 1.165) is 11.1 Å². The molecule has 0 spiro atoms. The van der Waals surface area contributed by atoms with E-state index in [2.05, 4.69) is 10.6 Å². The third-order valence-electron chi connectivity index (χ3n) is 4.93. The molecule has 2 N–H and O–H groups in total. The summed E-state index contributed by atoms with van der Waals surface area (Å²) in [6, 6.07) is 15.3. The Hall–Kier alpha value is -2.37. The van der Waals surface area contributed by atoms with E-state index in [1.807, 2.05) is 55.5 Å². The summed E-state index contributed by atoms with van der Waals surface area (Å²) in [5.41, 5.74) is 2.67. The van der Waals surface area contributed by atoms with Gasteiger partial charge >= 0.3 is 0 Å². The summed E-state index contributed by atoms with van der Waals surface area (Å²) in [6.45, 7) is 2.58. The fraction of sp³-hybridized carbons (Fsp3) is 0.409. The minimum absolute atomic E-state index is 0.105. The zero-order valence-electron chi connectivity index (χ0n) is 16.2. The van der Waals surface area contributed by atoms with Crippen LogP contribution in [0, 0.1) is 12.8 Å². The smallest absolute Gasteiger partial charge is 0.246 e. The van der Waals surface area contributed by atoms with Crippen LogP contribution in [0.1, 0.15) is 30.0 Å². The number of amides is 1. The van der Waals surface area contributed by atoms with Gasteiger partial charge in [0, 0.05) is 13.2 Å². The van der Waals surface area contributed by atoms with Crippen molar-refractivity contribution in [1.82, 2.24) is 5.32 Å². The van der Waals surface area contributed by atoms with Crippen molar-refractivity contribution in [2.24, 2.45) is 5.92 Å². The summed E-state index contributed by atoms with van der Waals surface area (Å²) in [7, 11) is 3.31. The first-order valence-electron chi connectivity index (χ1n) is 9.37. The Morgan fingerprint density at radius 1 is 1.15 bits per heavy atom. The molecule has 0 radical (unpaired) electrons. The van der Waals surface area contributed by atoms with Gasteiger partial charge in [-0.05, 0) is 48.9 Å². The average Bonchev–Trinajstić information content (AvgIpc) is 3.51. The number of methoxy groups -OCH3 is 2. The number of carbonyl (C=O) groups excluding carboxylic acids is 1. The van der Waals surface area contributed by atoms with E-state index in [1.54, 1.807) is 14.2 Å². The van der Waals surface area contributed by atoms with Crippen LogP contribution in [-0.4, -0.2) is 32.8 Å². The zero-order chi connectivity index (χ0) is 19.2. The quantitative estimate of drug-likeness (QED) is 0.709. The molecule has 27 heavy (non-hydrogen) atoms. The molecular weight excluding hydrogens is 340 g/mol. The summed E-state index contributed by atoms with van der Waals surface area (Å²) >= 11 is 0. The lowest BCUT2D eigenvalue weighted by Crippen LogP contribution is -2.43. The third-order valence-corrected chi connectivity index (χ3v) is 4.93. The van der Waals surface area contributed by atoms with Crippen LogP contribution in [-0.2, 0) is 9.53 Å². The minimum atomic E-state index is -0.461. The maximum absolute atomic E-state index is 13.2. The maximum atomic E-state index is 13.2. The largest absolute Gasteiger partial charge is 0.495 e. The molecule has 1 amide bonds. The van der Waals surface area contributed by atoms with Gasteiger partial charge in [0.05, 0.1) is 19.4 Å². The summed E-state index contributed by atoms with van der Waals surface area (Å²) in [4.78, 5) is 13.2. The Morgan fingerprint density at radius 2 is 1.89 bits per heavy atom. The second kappa shape index (κ2) is 9.02. The second-order valence-corrected chi connectivity index (χ2v) is 7.10. The molecule has 0 aromatic heterocycles. The van der Waals surface area contributed by atoms with Gasteiger partial charge in [0.15, 0.2) is 0 Å². The number of carbonyl (C=O) groups is 1. The molecule has 3 rings (SSSR count). The molecule has 0 saturated heterocycles. The summed E-state index contributed by atoms with van der Waals surface area (Å²) < 4.78 is 10.8. The van der Waals surface area contributed by atoms with E-state index in [0.29, 0.717) is 24.0 Å². The molecule has 5 nitrogen and oxygen atoms in total. The Kier molecular flexibility index (Phi) is 6.48. The zero-order valence-corrected chi connectivity index (χ0v) is 16.2. The molecule has 1 aliphatic rings. The molecule has 2 atom stereocenters. The monoisotopic (exact) mass is 368 g/mol. The first kappa shape index (κ1) is 19.4. The van der Waals surface area contributed by atoms with Crippen LogP contribution in [0.4, 0.5) is 5.69 Å². The van der Waals surface area contributed by atoms with Crippen molar-refractivity contribution in [3.63, 3.8) is 0 Å². The molecule has 0 heterocycles. The Bertz CT molecular complexity index is 759. The van der Waals surface area contributed by atoms with Crippen LogP contribution in [0.3, 0.4) is 0 Å². The summed E-state index contributed by atoms with van der Waals surface area (Å²) in [5.74, 6) is 1.11. The number of benzene rings is 2. The van der Waals surface area contributed by atoms with Crippen molar-refractivity contribution < 1.29 is 14.3 Å². The van der Waals surface area contributed by atoms with Crippen LogP contribution >= 0.6 is 0 Å². The first-order valence-corrected chi connectivity index (χ1v) is 9.37. The summed E-state index contributed by atoms with van der Waals surface area (Å²) in [6.07, 6.45) is 2.35. The van der Waals surface area contributed by atoms with E-state index < -0.39 is 6.04 Å². The van der Waals surface area contributed by atoms with Gasteiger partial charge in [0.1, 0.15) is 11.8 Å². The number of rotatable bonds is 9. The molecule has 0 bridgehead atoms. The number of nitrogens with one attached hydrogen (secondary N) is 2. The minimum Gasteiger partial charge on any atom is -0.495 e. The van der Waals surface area contributed by atoms with E-state index >= 15 is 0 Å². The average molecular weight is 368 g/mol. The molecule has 1 fully saturated rings. The molecule has 2 aromatic rings. The first-order chi connectivity index (χ1) is 13.1. The molecule has 1 saturated carbocycles. The maximum Gasteiger partial charge on any atom is 0.246 e. The van der Waals surface area contributed by atoms with Gasteiger partial charge in [-0.3, -0.25) is 10.1 Å². The molecule has 1 aliphatic carbocycles. The van der Waals surface area contributed by atoms with Crippen LogP contribution in [0.5, 0.6) is 5.75 Å². The number of aryl methyl sites for hydroxylation is 1. The van der Waals surface area contributed by atoms with E-state index in [4.69, 9.17) is 9.47 Å². The predicted octanol–water partition coefficient (Wildman–Crippen LogP) is 3.70. The fourth-order valence-electron chi connectivity index (χ4n) is 3.31. The van der Waals surface area contributed by atoms with Gasteiger partial charge < -0.3 is 14.8 Å². The summed E-state index contributed by atoms with van der Waals surface area (Å²) in [5, 5.41) is 6.57. The number of hydrogen-bond acceptors (Lipinski definition) is 4. The molecule has 0 unspecified atom stereocenters. The lowest BCUT2D eigenvalue weighted by molar-refractivity contribution is -0.118. The number of ether oxygens (including phenoxy) is 2. The topological polar surface area (TPSA) is 59.6 Å². The van der Waals surface area contributed by atoms with E-state index in [9.17, 15) is 4.79 Å². The number of hydrogen-bond donors (Lipinski definition) is 2. The Balaban J connectivity index is 1.83. The van der Waals surface area contributed by atoms with Gasteiger partial charge in [-0.25, -0.2) is 0 Å². The lowest BCUT2D eigenvalue weighted by atomic mass is 10.0. The highest BCUT2D eigenvalue weighted by Gasteiger charge is 2.34. The van der Waals surface area contributed by atoms with Crippen molar-refractivity contribution >= 4 is 11.6 Å².